The van der Waals surface area contributed by atoms with Crippen LogP contribution in [-0.2, 0) is 4.79 Å². The fourth-order valence-electron chi connectivity index (χ4n) is 2.14. The van der Waals surface area contributed by atoms with Crippen molar-refractivity contribution in [2.24, 2.45) is 0 Å². The molecule has 0 aromatic heterocycles. The minimum Gasteiger partial charge on any atom is -0.480 e. The number of aliphatic carboxylic acids is 1. The van der Waals surface area contributed by atoms with Crippen molar-refractivity contribution in [1.82, 2.24) is 0 Å². The van der Waals surface area contributed by atoms with E-state index in [4.69, 9.17) is 5.11 Å². The second-order valence-corrected chi connectivity index (χ2v) is 5.83. The molecule has 2 aromatic carbocycles. The zero-order chi connectivity index (χ0) is 14.5. The van der Waals surface area contributed by atoms with Gasteiger partial charge < -0.3 is 10.0 Å². The summed E-state index contributed by atoms with van der Waals surface area (Å²) in [6.07, 6.45) is 0. The van der Waals surface area contributed by atoms with E-state index < -0.39 is 5.97 Å². The molecule has 0 heterocycles. The van der Waals surface area contributed by atoms with Gasteiger partial charge in [0.15, 0.2) is 0 Å². The lowest BCUT2D eigenvalue weighted by atomic mass is 10.1. The van der Waals surface area contributed by atoms with E-state index in [1.54, 1.807) is 0 Å². The van der Waals surface area contributed by atoms with E-state index in [0.29, 0.717) is 0 Å². The molecule has 0 radical (unpaired) electrons. The number of carboxylic acid groups (broad SMARTS) is 1. The van der Waals surface area contributed by atoms with Crippen LogP contribution in [0, 0.1) is 3.57 Å². The van der Waals surface area contributed by atoms with Gasteiger partial charge in [-0.25, -0.2) is 0 Å². The summed E-state index contributed by atoms with van der Waals surface area (Å²) in [6, 6.07) is 17.8. The third-order valence-electron chi connectivity index (χ3n) is 3.21. The molecular formula is C16H16INO2. The summed E-state index contributed by atoms with van der Waals surface area (Å²) >= 11 is 2.26. The van der Waals surface area contributed by atoms with Crippen molar-refractivity contribution in [1.29, 1.82) is 0 Å². The summed E-state index contributed by atoms with van der Waals surface area (Å²) in [5, 5.41) is 9.14. The number of hydrogen-bond donors (Lipinski definition) is 1. The summed E-state index contributed by atoms with van der Waals surface area (Å²) < 4.78 is 1.17. The molecule has 0 aliphatic carbocycles. The second-order valence-electron chi connectivity index (χ2n) is 4.58. The molecule has 0 fully saturated rings. The number of nitrogens with zero attached hydrogens (tertiary/aromatic N) is 1. The van der Waals surface area contributed by atoms with Crippen molar-refractivity contribution in [3.63, 3.8) is 0 Å². The molecule has 0 spiro atoms. The molecule has 1 atom stereocenters. The van der Waals surface area contributed by atoms with Crippen LogP contribution in [0.15, 0.2) is 54.6 Å². The van der Waals surface area contributed by atoms with E-state index in [-0.39, 0.29) is 12.6 Å². The fraction of sp³-hybridized carbons (Fsp3) is 0.188. The summed E-state index contributed by atoms with van der Waals surface area (Å²) in [4.78, 5) is 13.0. The van der Waals surface area contributed by atoms with Crippen molar-refractivity contribution in [3.05, 3.63) is 63.7 Å². The minimum atomic E-state index is -0.828. The number of hydrogen-bond acceptors (Lipinski definition) is 2. The van der Waals surface area contributed by atoms with E-state index >= 15 is 0 Å². The number of benzene rings is 2. The largest absolute Gasteiger partial charge is 0.480 e. The lowest BCUT2D eigenvalue weighted by Gasteiger charge is -2.30. The van der Waals surface area contributed by atoms with Gasteiger partial charge in [-0.3, -0.25) is 4.79 Å². The number of carboxylic acids is 1. The number of anilines is 1. The van der Waals surface area contributed by atoms with Crippen molar-refractivity contribution < 1.29 is 9.90 Å². The Kier molecular flexibility index (Phi) is 5.00. The van der Waals surface area contributed by atoms with Gasteiger partial charge in [0.2, 0.25) is 0 Å². The maximum absolute atomic E-state index is 11.1. The van der Waals surface area contributed by atoms with Crippen LogP contribution in [0.4, 0.5) is 5.69 Å². The third kappa shape index (κ3) is 3.72. The van der Waals surface area contributed by atoms with Gasteiger partial charge in [-0.1, -0.05) is 30.3 Å². The Morgan fingerprint density at radius 1 is 1.15 bits per heavy atom. The molecule has 0 aliphatic heterocycles. The normalized spacial score (nSPS) is 11.9. The SMILES string of the molecule is CC(c1ccc(I)cc1)N(CC(=O)O)c1ccccc1. The van der Waals surface area contributed by atoms with E-state index in [0.717, 1.165) is 11.3 Å². The number of carbonyl (C=O) groups is 1. The maximum Gasteiger partial charge on any atom is 0.323 e. The predicted molar refractivity (Wildman–Crippen MR) is 89.0 cm³/mol. The second kappa shape index (κ2) is 6.74. The van der Waals surface area contributed by atoms with Gasteiger partial charge >= 0.3 is 5.97 Å². The van der Waals surface area contributed by atoms with Crippen LogP contribution in [0.25, 0.3) is 0 Å². The van der Waals surface area contributed by atoms with Gasteiger partial charge in [-0.05, 0) is 59.3 Å². The molecule has 0 saturated carbocycles. The smallest absolute Gasteiger partial charge is 0.323 e. The van der Waals surface area contributed by atoms with Crippen LogP contribution in [0.2, 0.25) is 0 Å². The van der Waals surface area contributed by atoms with Gasteiger partial charge in [0.1, 0.15) is 6.54 Å². The van der Waals surface area contributed by atoms with Gasteiger partial charge in [-0.2, -0.15) is 0 Å². The fourth-order valence-corrected chi connectivity index (χ4v) is 2.50. The van der Waals surface area contributed by atoms with Crippen molar-refractivity contribution >= 4 is 34.2 Å². The molecule has 0 amide bonds. The Balaban J connectivity index is 2.31. The quantitative estimate of drug-likeness (QED) is 0.798. The van der Waals surface area contributed by atoms with E-state index in [1.165, 1.54) is 3.57 Å². The topological polar surface area (TPSA) is 40.5 Å². The standard InChI is InChI=1S/C16H16INO2/c1-12(13-7-9-14(17)10-8-13)18(11-16(19)20)15-5-3-2-4-6-15/h2-10,12H,11H2,1H3,(H,19,20). The Bertz CT molecular complexity index is 569. The maximum atomic E-state index is 11.1. The van der Waals surface area contributed by atoms with Crippen molar-refractivity contribution in [3.8, 4) is 0 Å². The average Bonchev–Trinajstić information content (AvgIpc) is 2.45. The molecule has 3 nitrogen and oxygen atoms in total. The van der Waals surface area contributed by atoms with Gasteiger partial charge in [0.05, 0.1) is 6.04 Å². The highest BCUT2D eigenvalue weighted by Gasteiger charge is 2.18. The molecule has 2 rings (SSSR count). The highest BCUT2D eigenvalue weighted by atomic mass is 127. The third-order valence-corrected chi connectivity index (χ3v) is 3.93. The first-order valence-corrected chi connectivity index (χ1v) is 7.45. The predicted octanol–water partition coefficient (Wildman–Crippen LogP) is 3.94. The Morgan fingerprint density at radius 2 is 1.75 bits per heavy atom. The molecule has 0 aliphatic rings. The molecule has 104 valence electrons. The van der Waals surface area contributed by atoms with Gasteiger partial charge in [-0.15, -0.1) is 0 Å². The van der Waals surface area contributed by atoms with E-state index in [9.17, 15) is 4.79 Å². The van der Waals surface area contributed by atoms with E-state index in [2.05, 4.69) is 22.6 Å². The minimum absolute atomic E-state index is 0.00509. The molecule has 1 N–H and O–H groups in total. The Morgan fingerprint density at radius 3 is 2.30 bits per heavy atom. The average molecular weight is 381 g/mol. The highest BCUT2D eigenvalue weighted by Crippen LogP contribution is 2.26. The zero-order valence-electron chi connectivity index (χ0n) is 11.2. The van der Waals surface area contributed by atoms with E-state index in [1.807, 2.05) is 66.4 Å². The molecule has 1 unspecified atom stereocenters. The number of para-hydroxylation sites is 1. The highest BCUT2D eigenvalue weighted by molar-refractivity contribution is 14.1. The van der Waals surface area contributed by atoms with Crippen LogP contribution >= 0.6 is 22.6 Å². The van der Waals surface area contributed by atoms with Gasteiger partial charge in [0, 0.05) is 9.26 Å². The number of halogens is 1. The van der Waals surface area contributed by atoms with Crippen LogP contribution < -0.4 is 4.90 Å². The summed E-state index contributed by atoms with van der Waals surface area (Å²) in [7, 11) is 0. The van der Waals surface area contributed by atoms with Crippen molar-refractivity contribution in [2.75, 3.05) is 11.4 Å². The lowest BCUT2D eigenvalue weighted by molar-refractivity contribution is -0.135. The monoisotopic (exact) mass is 381 g/mol. The molecule has 4 heteroatoms. The molecule has 0 saturated heterocycles. The van der Waals surface area contributed by atoms with Crippen molar-refractivity contribution in [2.45, 2.75) is 13.0 Å². The molecular weight excluding hydrogens is 365 g/mol. The first-order chi connectivity index (χ1) is 9.58. The van der Waals surface area contributed by atoms with Gasteiger partial charge in [0.25, 0.3) is 0 Å². The molecule has 2 aromatic rings. The summed E-state index contributed by atoms with van der Waals surface area (Å²) in [5.74, 6) is -0.828. The van der Waals surface area contributed by atoms with Crippen LogP contribution in [0.5, 0.6) is 0 Å². The Labute approximate surface area is 132 Å². The summed E-state index contributed by atoms with van der Waals surface area (Å²) in [6.45, 7) is 2.01. The van der Waals surface area contributed by atoms with Crippen LogP contribution in [0.3, 0.4) is 0 Å². The van der Waals surface area contributed by atoms with Crippen LogP contribution in [0.1, 0.15) is 18.5 Å². The van der Waals surface area contributed by atoms with Crippen LogP contribution in [-0.4, -0.2) is 17.6 Å². The first kappa shape index (κ1) is 14.8. The zero-order valence-corrected chi connectivity index (χ0v) is 13.3. The summed E-state index contributed by atoms with van der Waals surface area (Å²) in [5.41, 5.74) is 2.02. The number of rotatable bonds is 5. The first-order valence-electron chi connectivity index (χ1n) is 6.37. The molecule has 20 heavy (non-hydrogen) atoms. The lowest BCUT2D eigenvalue weighted by Crippen LogP contribution is -2.32. The Hall–Kier alpha value is -1.56. The molecule has 0 bridgehead atoms.